The second-order valence-corrected chi connectivity index (χ2v) is 7.44. The standard InChI is InChI=1S/C28H28FNO6/c1-32-21-10-8-19(9-11-21)24(31)12-13-30-23-17-25(33-2)22(29)16-20(23)7-6-18-14-26(34-3)28(36-5)27(15-18)35-4/h6-17,30H,1-5H3. The summed E-state index contributed by atoms with van der Waals surface area (Å²) in [6.07, 6.45) is 6.40. The van der Waals surface area contributed by atoms with E-state index in [1.165, 1.54) is 52.8 Å². The van der Waals surface area contributed by atoms with Gasteiger partial charge in [0, 0.05) is 35.2 Å². The van der Waals surface area contributed by atoms with Crippen LogP contribution in [0.1, 0.15) is 21.5 Å². The van der Waals surface area contributed by atoms with Gasteiger partial charge in [-0.1, -0.05) is 12.2 Å². The quantitative estimate of drug-likeness (QED) is 0.204. The van der Waals surface area contributed by atoms with Crippen LogP contribution in [-0.2, 0) is 0 Å². The number of carbonyl (C=O) groups is 1. The molecule has 188 valence electrons. The molecule has 0 saturated carbocycles. The third-order valence-corrected chi connectivity index (χ3v) is 5.31. The van der Waals surface area contributed by atoms with Gasteiger partial charge in [-0.05, 0) is 48.0 Å². The van der Waals surface area contributed by atoms with Crippen LogP contribution in [0.5, 0.6) is 28.7 Å². The lowest BCUT2D eigenvalue weighted by Gasteiger charge is -2.13. The third-order valence-electron chi connectivity index (χ3n) is 5.31. The Morgan fingerprint density at radius 1 is 0.778 bits per heavy atom. The van der Waals surface area contributed by atoms with Crippen molar-refractivity contribution >= 4 is 23.6 Å². The van der Waals surface area contributed by atoms with Gasteiger partial charge in [-0.25, -0.2) is 4.39 Å². The highest BCUT2D eigenvalue weighted by molar-refractivity contribution is 6.04. The van der Waals surface area contributed by atoms with Gasteiger partial charge in [0.25, 0.3) is 0 Å². The second-order valence-electron chi connectivity index (χ2n) is 7.44. The lowest BCUT2D eigenvalue weighted by molar-refractivity contribution is 0.104. The number of ether oxygens (including phenoxy) is 5. The number of halogens is 1. The van der Waals surface area contributed by atoms with E-state index in [4.69, 9.17) is 23.7 Å². The van der Waals surface area contributed by atoms with Crippen LogP contribution in [-0.4, -0.2) is 41.3 Å². The average Bonchev–Trinajstić information content (AvgIpc) is 2.91. The zero-order chi connectivity index (χ0) is 26.1. The van der Waals surface area contributed by atoms with Gasteiger partial charge >= 0.3 is 0 Å². The van der Waals surface area contributed by atoms with Crippen molar-refractivity contribution in [2.45, 2.75) is 0 Å². The molecule has 1 N–H and O–H groups in total. The molecule has 0 spiro atoms. The molecule has 0 aliphatic heterocycles. The topological polar surface area (TPSA) is 75.3 Å². The Hall–Kier alpha value is -4.46. The molecule has 0 unspecified atom stereocenters. The molecule has 3 aromatic carbocycles. The van der Waals surface area contributed by atoms with Crippen LogP contribution in [0.2, 0.25) is 0 Å². The minimum atomic E-state index is -0.522. The zero-order valence-electron chi connectivity index (χ0n) is 20.8. The van der Waals surface area contributed by atoms with Crippen molar-refractivity contribution in [2.24, 2.45) is 0 Å². The van der Waals surface area contributed by atoms with Gasteiger partial charge < -0.3 is 29.0 Å². The molecule has 36 heavy (non-hydrogen) atoms. The number of ketones is 1. The highest BCUT2D eigenvalue weighted by Crippen LogP contribution is 2.39. The van der Waals surface area contributed by atoms with Crippen molar-refractivity contribution in [2.75, 3.05) is 40.9 Å². The van der Waals surface area contributed by atoms with Crippen molar-refractivity contribution in [3.8, 4) is 28.7 Å². The Bertz CT molecular complexity index is 1240. The van der Waals surface area contributed by atoms with E-state index in [1.54, 1.807) is 55.7 Å². The number of rotatable bonds is 11. The summed E-state index contributed by atoms with van der Waals surface area (Å²) < 4.78 is 40.9. The second kappa shape index (κ2) is 12.3. The molecular formula is C28H28FNO6. The molecule has 0 saturated heterocycles. The van der Waals surface area contributed by atoms with Crippen LogP contribution in [0.15, 0.2) is 60.8 Å². The first-order valence-corrected chi connectivity index (χ1v) is 10.9. The molecule has 0 atom stereocenters. The van der Waals surface area contributed by atoms with E-state index in [1.807, 2.05) is 0 Å². The van der Waals surface area contributed by atoms with E-state index in [0.717, 1.165) is 5.56 Å². The van der Waals surface area contributed by atoms with E-state index in [0.29, 0.717) is 39.8 Å². The molecule has 0 bridgehead atoms. The molecule has 0 aliphatic carbocycles. The van der Waals surface area contributed by atoms with Gasteiger partial charge in [-0.15, -0.1) is 0 Å². The number of benzene rings is 3. The van der Waals surface area contributed by atoms with Crippen molar-refractivity contribution in [1.29, 1.82) is 0 Å². The highest BCUT2D eigenvalue weighted by atomic mass is 19.1. The summed E-state index contributed by atoms with van der Waals surface area (Å²) in [5.74, 6) is 1.47. The summed E-state index contributed by atoms with van der Waals surface area (Å²) in [5.41, 5.74) is 2.32. The lowest BCUT2D eigenvalue weighted by Crippen LogP contribution is -1.99. The van der Waals surface area contributed by atoms with Gasteiger partial charge in [0.2, 0.25) is 5.75 Å². The first-order valence-electron chi connectivity index (χ1n) is 10.9. The molecule has 3 aromatic rings. The lowest BCUT2D eigenvalue weighted by atomic mass is 10.1. The Balaban J connectivity index is 1.88. The summed E-state index contributed by atoms with van der Waals surface area (Å²) in [6.45, 7) is 0. The molecule has 8 heteroatoms. The number of nitrogens with one attached hydrogen (secondary N) is 1. The molecule has 0 radical (unpaired) electrons. The van der Waals surface area contributed by atoms with Gasteiger partial charge in [0.05, 0.1) is 35.5 Å². The normalized spacial score (nSPS) is 10.9. The van der Waals surface area contributed by atoms with Crippen LogP contribution in [0.25, 0.3) is 12.2 Å². The monoisotopic (exact) mass is 493 g/mol. The molecule has 3 rings (SSSR count). The molecule has 0 aliphatic rings. The summed E-state index contributed by atoms with van der Waals surface area (Å²) in [6, 6.07) is 13.2. The molecule has 0 fully saturated rings. The molecular weight excluding hydrogens is 465 g/mol. The van der Waals surface area contributed by atoms with E-state index >= 15 is 0 Å². The number of anilines is 1. The van der Waals surface area contributed by atoms with Crippen LogP contribution in [0.3, 0.4) is 0 Å². The minimum Gasteiger partial charge on any atom is -0.497 e. The highest BCUT2D eigenvalue weighted by Gasteiger charge is 2.13. The van der Waals surface area contributed by atoms with Gasteiger partial charge in [-0.2, -0.15) is 0 Å². The minimum absolute atomic E-state index is 0.0670. The van der Waals surface area contributed by atoms with Crippen molar-refractivity contribution in [3.63, 3.8) is 0 Å². The maximum Gasteiger partial charge on any atom is 0.203 e. The smallest absolute Gasteiger partial charge is 0.203 e. The van der Waals surface area contributed by atoms with Gasteiger partial charge in [0.15, 0.2) is 28.8 Å². The fourth-order valence-electron chi connectivity index (χ4n) is 3.43. The number of carbonyl (C=O) groups excluding carboxylic acids is 1. The Morgan fingerprint density at radius 3 is 1.97 bits per heavy atom. The number of hydrogen-bond donors (Lipinski definition) is 1. The first kappa shape index (κ1) is 26.2. The zero-order valence-corrected chi connectivity index (χ0v) is 20.8. The summed E-state index contributed by atoms with van der Waals surface area (Å²) in [7, 11) is 7.54. The molecule has 7 nitrogen and oxygen atoms in total. The Kier molecular flexibility index (Phi) is 8.94. The van der Waals surface area contributed by atoms with Crippen molar-refractivity contribution < 1.29 is 32.9 Å². The number of allylic oxidation sites excluding steroid dienone is 1. The molecule has 0 aromatic heterocycles. The maximum atomic E-state index is 14.5. The Labute approximate surface area is 209 Å². The van der Waals surface area contributed by atoms with Crippen LogP contribution < -0.4 is 29.0 Å². The van der Waals surface area contributed by atoms with Crippen LogP contribution >= 0.6 is 0 Å². The summed E-state index contributed by atoms with van der Waals surface area (Å²) >= 11 is 0. The third kappa shape index (κ3) is 6.15. The number of hydrogen-bond acceptors (Lipinski definition) is 7. The SMILES string of the molecule is COc1ccc(C(=O)C=CNc2cc(OC)c(F)cc2C=Cc2cc(OC)c(OC)c(OC)c2)cc1. The number of methoxy groups -OCH3 is 5. The first-order chi connectivity index (χ1) is 17.4. The van der Waals surface area contributed by atoms with Crippen molar-refractivity contribution in [1.82, 2.24) is 0 Å². The summed E-state index contributed by atoms with van der Waals surface area (Å²) in [4.78, 5) is 12.5. The van der Waals surface area contributed by atoms with E-state index in [9.17, 15) is 9.18 Å². The molecule has 0 heterocycles. The van der Waals surface area contributed by atoms with Crippen LogP contribution in [0.4, 0.5) is 10.1 Å². The van der Waals surface area contributed by atoms with E-state index < -0.39 is 5.82 Å². The fraction of sp³-hybridized carbons (Fsp3) is 0.179. The maximum absolute atomic E-state index is 14.5. The average molecular weight is 494 g/mol. The predicted octanol–water partition coefficient (Wildman–Crippen LogP) is 5.85. The largest absolute Gasteiger partial charge is 0.497 e. The Morgan fingerprint density at radius 2 is 1.42 bits per heavy atom. The van der Waals surface area contributed by atoms with Gasteiger partial charge in [0.1, 0.15) is 5.75 Å². The predicted molar refractivity (Wildman–Crippen MR) is 138 cm³/mol. The van der Waals surface area contributed by atoms with E-state index in [2.05, 4.69) is 5.32 Å². The van der Waals surface area contributed by atoms with Crippen molar-refractivity contribution in [3.05, 3.63) is 83.3 Å². The van der Waals surface area contributed by atoms with E-state index in [-0.39, 0.29) is 11.5 Å². The molecule has 0 amide bonds. The summed E-state index contributed by atoms with van der Waals surface area (Å²) in [5, 5.41) is 3.04. The van der Waals surface area contributed by atoms with Gasteiger partial charge in [-0.3, -0.25) is 4.79 Å². The van der Waals surface area contributed by atoms with Crippen LogP contribution in [0, 0.1) is 5.82 Å². The fourth-order valence-corrected chi connectivity index (χ4v) is 3.43.